The summed E-state index contributed by atoms with van der Waals surface area (Å²) < 4.78 is 2.01. The van der Waals surface area contributed by atoms with Crippen LogP contribution in [0.5, 0.6) is 0 Å². The van der Waals surface area contributed by atoms with Gasteiger partial charge in [0.15, 0.2) is 10.8 Å². The molecule has 1 aliphatic rings. The molecule has 3 heterocycles. The molecule has 1 aliphatic carbocycles. The number of fused-ring (bicyclic) bond motifs is 5. The van der Waals surface area contributed by atoms with E-state index in [1.807, 2.05) is 28.3 Å². The second kappa shape index (κ2) is 4.18. The lowest BCUT2D eigenvalue weighted by atomic mass is 9.89. The molecular weight excluding hydrogens is 276 g/mol. The van der Waals surface area contributed by atoms with Gasteiger partial charge in [0, 0.05) is 4.88 Å². The maximum atomic E-state index is 4.61. The number of aryl methyl sites for hydroxylation is 1. The molecule has 3 aromatic heterocycles. The number of hydrogen-bond donors (Lipinski definition) is 0. The van der Waals surface area contributed by atoms with Crippen LogP contribution in [-0.4, -0.2) is 25.8 Å². The van der Waals surface area contributed by atoms with Crippen LogP contribution in [0.25, 0.3) is 15.9 Å². The van der Waals surface area contributed by atoms with Crippen LogP contribution in [0.15, 0.2) is 11.5 Å². The second-order valence-corrected chi connectivity index (χ2v) is 7.01. The molecule has 0 unspecified atom stereocenters. The van der Waals surface area contributed by atoms with Crippen molar-refractivity contribution in [1.29, 1.82) is 0 Å². The standard InChI is InChI=1S/C13H14N4S2/c1-7-3-4-8-9(5-7)19-12-10(8)11-15-16-13(18-2)17(11)6-14-12/h6-7H,3-5H2,1-2H3/t7-/m1/s1. The molecular formula is C13H14N4S2. The van der Waals surface area contributed by atoms with Crippen LogP contribution in [0.3, 0.4) is 0 Å². The zero-order valence-electron chi connectivity index (χ0n) is 10.9. The fourth-order valence-corrected chi connectivity index (χ4v) is 4.66. The van der Waals surface area contributed by atoms with Crippen molar-refractivity contribution in [3.8, 4) is 0 Å². The molecule has 0 aromatic carbocycles. The van der Waals surface area contributed by atoms with Gasteiger partial charge in [-0.25, -0.2) is 4.98 Å². The van der Waals surface area contributed by atoms with Crippen molar-refractivity contribution in [2.24, 2.45) is 5.92 Å². The van der Waals surface area contributed by atoms with Gasteiger partial charge in [-0.15, -0.1) is 21.5 Å². The van der Waals surface area contributed by atoms with Crippen molar-refractivity contribution in [2.45, 2.75) is 31.3 Å². The minimum atomic E-state index is 0.788. The first-order valence-electron chi connectivity index (χ1n) is 6.46. The van der Waals surface area contributed by atoms with E-state index in [4.69, 9.17) is 0 Å². The molecule has 0 fully saturated rings. The quantitative estimate of drug-likeness (QED) is 0.646. The van der Waals surface area contributed by atoms with Crippen LogP contribution < -0.4 is 0 Å². The molecule has 98 valence electrons. The Kier molecular flexibility index (Phi) is 2.57. The summed E-state index contributed by atoms with van der Waals surface area (Å²) in [5, 5.41) is 10.8. The van der Waals surface area contributed by atoms with Crippen molar-refractivity contribution < 1.29 is 0 Å². The molecule has 0 saturated heterocycles. The van der Waals surface area contributed by atoms with E-state index in [-0.39, 0.29) is 0 Å². The third-order valence-corrected chi connectivity index (χ3v) is 5.66. The topological polar surface area (TPSA) is 43.1 Å². The molecule has 0 spiro atoms. The number of thioether (sulfide) groups is 1. The van der Waals surface area contributed by atoms with Crippen LogP contribution in [0.4, 0.5) is 0 Å². The summed E-state index contributed by atoms with van der Waals surface area (Å²) in [7, 11) is 0. The van der Waals surface area contributed by atoms with E-state index in [0.717, 1.165) is 28.0 Å². The van der Waals surface area contributed by atoms with Crippen LogP contribution >= 0.6 is 23.1 Å². The maximum absolute atomic E-state index is 4.61. The minimum absolute atomic E-state index is 0.788. The SMILES string of the molecule is CSc1nnc2c3c4c(sc3ncn12)C[C@H](C)CC4. The van der Waals surface area contributed by atoms with Crippen molar-refractivity contribution in [2.75, 3.05) is 6.26 Å². The first-order chi connectivity index (χ1) is 9.28. The van der Waals surface area contributed by atoms with Crippen molar-refractivity contribution >= 4 is 39.0 Å². The lowest BCUT2D eigenvalue weighted by Crippen LogP contribution is -2.08. The van der Waals surface area contributed by atoms with Crippen LogP contribution in [-0.2, 0) is 12.8 Å². The molecule has 3 aromatic rings. The number of aromatic nitrogens is 4. The summed E-state index contributed by atoms with van der Waals surface area (Å²) in [5.41, 5.74) is 2.44. The summed E-state index contributed by atoms with van der Waals surface area (Å²) in [5.74, 6) is 0.788. The van der Waals surface area contributed by atoms with Gasteiger partial charge in [-0.05, 0) is 37.0 Å². The third-order valence-electron chi connectivity index (χ3n) is 3.85. The third kappa shape index (κ3) is 1.63. The molecule has 19 heavy (non-hydrogen) atoms. The predicted octanol–water partition coefficient (Wildman–Crippen LogP) is 3.19. The Balaban J connectivity index is 2.07. The summed E-state index contributed by atoms with van der Waals surface area (Å²) in [4.78, 5) is 7.23. The van der Waals surface area contributed by atoms with Gasteiger partial charge < -0.3 is 0 Å². The molecule has 0 N–H and O–H groups in total. The molecule has 4 nitrogen and oxygen atoms in total. The average Bonchev–Trinajstić information content (AvgIpc) is 2.97. The highest BCUT2D eigenvalue weighted by Gasteiger charge is 2.23. The zero-order chi connectivity index (χ0) is 13.0. The Morgan fingerprint density at radius 1 is 1.42 bits per heavy atom. The number of thiophene rings is 1. The Labute approximate surface area is 119 Å². The Hall–Kier alpha value is -1.14. The number of hydrogen-bond acceptors (Lipinski definition) is 5. The summed E-state index contributed by atoms with van der Waals surface area (Å²) >= 11 is 3.44. The minimum Gasteiger partial charge on any atom is -0.260 e. The normalized spacial score (nSPS) is 19.2. The van der Waals surface area contributed by atoms with E-state index in [2.05, 4.69) is 22.1 Å². The largest absolute Gasteiger partial charge is 0.260 e. The van der Waals surface area contributed by atoms with Crippen LogP contribution in [0.1, 0.15) is 23.8 Å². The lowest BCUT2D eigenvalue weighted by molar-refractivity contribution is 0.509. The molecule has 0 bridgehead atoms. The van der Waals surface area contributed by atoms with Crippen molar-refractivity contribution in [1.82, 2.24) is 19.6 Å². The highest BCUT2D eigenvalue weighted by atomic mass is 32.2. The van der Waals surface area contributed by atoms with Crippen LogP contribution in [0.2, 0.25) is 0 Å². The van der Waals surface area contributed by atoms with Gasteiger partial charge in [0.05, 0.1) is 5.39 Å². The van der Waals surface area contributed by atoms with E-state index >= 15 is 0 Å². The second-order valence-electron chi connectivity index (χ2n) is 5.16. The Morgan fingerprint density at radius 3 is 3.16 bits per heavy atom. The highest BCUT2D eigenvalue weighted by molar-refractivity contribution is 7.98. The molecule has 1 atom stereocenters. The van der Waals surface area contributed by atoms with Gasteiger partial charge >= 0.3 is 0 Å². The summed E-state index contributed by atoms with van der Waals surface area (Å²) in [6.45, 7) is 2.33. The molecule has 0 amide bonds. The van der Waals surface area contributed by atoms with E-state index in [1.165, 1.54) is 28.7 Å². The van der Waals surface area contributed by atoms with Gasteiger partial charge in [-0.3, -0.25) is 4.40 Å². The monoisotopic (exact) mass is 290 g/mol. The van der Waals surface area contributed by atoms with E-state index < -0.39 is 0 Å². The fourth-order valence-electron chi connectivity index (χ4n) is 2.86. The highest BCUT2D eigenvalue weighted by Crippen LogP contribution is 2.38. The maximum Gasteiger partial charge on any atom is 0.196 e. The number of nitrogens with zero attached hydrogens (tertiary/aromatic N) is 4. The Bertz CT molecular complexity index is 774. The van der Waals surface area contributed by atoms with E-state index in [1.54, 1.807) is 11.8 Å². The van der Waals surface area contributed by atoms with Gasteiger partial charge in [-0.1, -0.05) is 18.7 Å². The van der Waals surface area contributed by atoms with Gasteiger partial charge in [-0.2, -0.15) is 0 Å². The molecule has 6 heteroatoms. The smallest absolute Gasteiger partial charge is 0.196 e. The van der Waals surface area contributed by atoms with Gasteiger partial charge in [0.2, 0.25) is 0 Å². The van der Waals surface area contributed by atoms with Crippen molar-refractivity contribution in [3.05, 3.63) is 16.8 Å². The molecule has 0 saturated carbocycles. The first kappa shape index (κ1) is 11.7. The summed E-state index contributed by atoms with van der Waals surface area (Å²) in [6, 6.07) is 0. The average molecular weight is 290 g/mol. The van der Waals surface area contributed by atoms with Crippen LogP contribution in [0, 0.1) is 5.92 Å². The van der Waals surface area contributed by atoms with Gasteiger partial charge in [0.1, 0.15) is 11.2 Å². The van der Waals surface area contributed by atoms with E-state index in [0.29, 0.717) is 0 Å². The zero-order valence-corrected chi connectivity index (χ0v) is 12.5. The summed E-state index contributed by atoms with van der Waals surface area (Å²) in [6.07, 6.45) is 7.48. The predicted molar refractivity (Wildman–Crippen MR) is 79.1 cm³/mol. The fraction of sp³-hybridized carbons (Fsp3) is 0.462. The van der Waals surface area contributed by atoms with Crippen molar-refractivity contribution in [3.63, 3.8) is 0 Å². The molecule has 0 aliphatic heterocycles. The molecule has 4 rings (SSSR count). The molecule has 0 radical (unpaired) electrons. The lowest BCUT2D eigenvalue weighted by Gasteiger charge is -2.17. The van der Waals surface area contributed by atoms with Gasteiger partial charge in [0.25, 0.3) is 0 Å². The first-order valence-corrected chi connectivity index (χ1v) is 8.50. The Morgan fingerprint density at radius 2 is 2.32 bits per heavy atom. The van der Waals surface area contributed by atoms with E-state index in [9.17, 15) is 0 Å². The number of rotatable bonds is 1.